The van der Waals surface area contributed by atoms with E-state index in [-0.39, 0.29) is 11.6 Å². The van der Waals surface area contributed by atoms with Crippen LogP contribution in [0, 0.1) is 17.5 Å². The summed E-state index contributed by atoms with van der Waals surface area (Å²) in [7, 11) is 0. The Bertz CT molecular complexity index is 580. The van der Waals surface area contributed by atoms with Crippen LogP contribution in [0.4, 0.5) is 13.2 Å². The van der Waals surface area contributed by atoms with Crippen molar-refractivity contribution in [3.05, 3.63) is 46.6 Å². The van der Waals surface area contributed by atoms with Crippen molar-refractivity contribution in [2.45, 2.75) is 19.9 Å². The van der Waals surface area contributed by atoms with Gasteiger partial charge in [-0.3, -0.25) is 0 Å². The average molecular weight is 285 g/mol. The van der Waals surface area contributed by atoms with Gasteiger partial charge in [-0.25, -0.2) is 13.2 Å². The predicted molar refractivity (Wildman–Crippen MR) is 71.7 cm³/mol. The zero-order valence-corrected chi connectivity index (χ0v) is 11.5. The van der Waals surface area contributed by atoms with Gasteiger partial charge in [-0.1, -0.05) is 6.92 Å². The van der Waals surface area contributed by atoms with E-state index in [0.717, 1.165) is 17.5 Å². The highest BCUT2D eigenvalue weighted by Crippen LogP contribution is 2.34. The highest BCUT2D eigenvalue weighted by Gasteiger charge is 2.17. The molecule has 0 fully saturated rings. The van der Waals surface area contributed by atoms with Gasteiger partial charge in [0.05, 0.1) is 0 Å². The molecule has 19 heavy (non-hydrogen) atoms. The highest BCUT2D eigenvalue weighted by atomic mass is 32.1. The summed E-state index contributed by atoms with van der Waals surface area (Å²) in [6.45, 7) is 4.83. The van der Waals surface area contributed by atoms with Gasteiger partial charge in [0.2, 0.25) is 0 Å². The Hall–Kier alpha value is -1.33. The van der Waals surface area contributed by atoms with Crippen LogP contribution in [0.3, 0.4) is 0 Å². The Kier molecular flexibility index (Phi) is 4.27. The molecule has 1 heterocycles. The molecule has 2 rings (SSSR count). The fourth-order valence-corrected chi connectivity index (χ4v) is 2.91. The van der Waals surface area contributed by atoms with Gasteiger partial charge in [0.1, 0.15) is 0 Å². The number of hydrogen-bond donors (Lipinski definition) is 1. The molecule has 0 aliphatic carbocycles. The average Bonchev–Trinajstić information content (AvgIpc) is 2.86. The largest absolute Gasteiger partial charge is 0.310 e. The summed E-state index contributed by atoms with van der Waals surface area (Å²) in [4.78, 5) is 1.62. The predicted octanol–water partition coefficient (Wildman–Crippen LogP) is 4.50. The summed E-state index contributed by atoms with van der Waals surface area (Å²) in [5.74, 6) is -3.73. The first-order valence-corrected chi connectivity index (χ1v) is 6.83. The zero-order valence-electron chi connectivity index (χ0n) is 10.6. The molecule has 0 saturated heterocycles. The summed E-state index contributed by atoms with van der Waals surface area (Å²) < 4.78 is 39.8. The molecule has 1 unspecified atom stereocenters. The lowest BCUT2D eigenvalue weighted by atomic mass is 10.1. The Morgan fingerprint density at radius 2 is 1.84 bits per heavy atom. The minimum atomic E-state index is -1.42. The lowest BCUT2D eigenvalue weighted by Gasteiger charge is -2.09. The standard InChI is InChI=1S/C14H14F3NS/c1-3-18-8(2)11-6-7-12(19-11)9-4-5-10(15)14(17)13(9)16/h4-8,18H,3H2,1-2H3. The minimum Gasteiger partial charge on any atom is -0.310 e. The van der Waals surface area contributed by atoms with Crippen LogP contribution in [0.5, 0.6) is 0 Å². The molecule has 1 aromatic carbocycles. The molecule has 0 bridgehead atoms. The van der Waals surface area contributed by atoms with E-state index in [1.165, 1.54) is 17.4 Å². The van der Waals surface area contributed by atoms with Crippen molar-refractivity contribution in [2.24, 2.45) is 0 Å². The maximum atomic E-state index is 13.7. The van der Waals surface area contributed by atoms with Crippen LogP contribution < -0.4 is 5.32 Å². The number of rotatable bonds is 4. The van der Waals surface area contributed by atoms with Crippen molar-refractivity contribution >= 4 is 11.3 Å². The van der Waals surface area contributed by atoms with Gasteiger partial charge < -0.3 is 5.32 Å². The maximum Gasteiger partial charge on any atom is 0.195 e. The summed E-state index contributed by atoms with van der Waals surface area (Å²) in [5, 5.41) is 3.24. The van der Waals surface area contributed by atoms with Crippen LogP contribution in [-0.2, 0) is 0 Å². The van der Waals surface area contributed by atoms with E-state index in [9.17, 15) is 13.2 Å². The lowest BCUT2D eigenvalue weighted by Crippen LogP contribution is -2.16. The topological polar surface area (TPSA) is 12.0 Å². The summed E-state index contributed by atoms with van der Waals surface area (Å²) in [6, 6.07) is 5.96. The van der Waals surface area contributed by atoms with Crippen molar-refractivity contribution in [2.75, 3.05) is 6.54 Å². The molecular weight excluding hydrogens is 271 g/mol. The lowest BCUT2D eigenvalue weighted by molar-refractivity contribution is 0.449. The number of hydrogen-bond acceptors (Lipinski definition) is 2. The third kappa shape index (κ3) is 2.82. The molecule has 0 spiro atoms. The van der Waals surface area contributed by atoms with E-state index in [0.29, 0.717) is 4.88 Å². The zero-order chi connectivity index (χ0) is 14.0. The Morgan fingerprint density at radius 1 is 1.11 bits per heavy atom. The second-order valence-electron chi connectivity index (χ2n) is 4.20. The normalized spacial score (nSPS) is 12.7. The Balaban J connectivity index is 2.36. The van der Waals surface area contributed by atoms with E-state index in [4.69, 9.17) is 0 Å². The van der Waals surface area contributed by atoms with Gasteiger partial charge in [-0.15, -0.1) is 11.3 Å². The van der Waals surface area contributed by atoms with Gasteiger partial charge in [-0.05, 0) is 37.7 Å². The van der Waals surface area contributed by atoms with Crippen molar-refractivity contribution in [1.82, 2.24) is 5.32 Å². The molecule has 0 aliphatic rings. The SMILES string of the molecule is CCNC(C)c1ccc(-c2ccc(F)c(F)c2F)s1. The van der Waals surface area contributed by atoms with Crippen molar-refractivity contribution in [3.8, 4) is 10.4 Å². The molecule has 5 heteroatoms. The smallest absolute Gasteiger partial charge is 0.195 e. The molecule has 1 N–H and O–H groups in total. The number of thiophene rings is 1. The molecule has 2 aromatic rings. The monoisotopic (exact) mass is 285 g/mol. The molecule has 0 radical (unpaired) electrons. The van der Waals surface area contributed by atoms with Gasteiger partial charge in [0.15, 0.2) is 17.5 Å². The number of halogens is 3. The van der Waals surface area contributed by atoms with Crippen molar-refractivity contribution < 1.29 is 13.2 Å². The van der Waals surface area contributed by atoms with Crippen LogP contribution in [-0.4, -0.2) is 6.54 Å². The minimum absolute atomic E-state index is 0.0962. The van der Waals surface area contributed by atoms with Crippen LogP contribution >= 0.6 is 11.3 Å². The van der Waals surface area contributed by atoms with Gasteiger partial charge in [0, 0.05) is 21.4 Å². The van der Waals surface area contributed by atoms with E-state index in [1.807, 2.05) is 19.9 Å². The number of nitrogens with one attached hydrogen (secondary N) is 1. The molecule has 0 aliphatic heterocycles. The third-order valence-electron chi connectivity index (χ3n) is 2.86. The molecule has 1 aromatic heterocycles. The van der Waals surface area contributed by atoms with Gasteiger partial charge in [0.25, 0.3) is 0 Å². The molecule has 1 atom stereocenters. The molecule has 0 amide bonds. The van der Waals surface area contributed by atoms with Crippen molar-refractivity contribution in [1.29, 1.82) is 0 Å². The van der Waals surface area contributed by atoms with E-state index in [2.05, 4.69) is 5.32 Å². The van der Waals surface area contributed by atoms with E-state index in [1.54, 1.807) is 6.07 Å². The van der Waals surface area contributed by atoms with Gasteiger partial charge in [-0.2, -0.15) is 0 Å². The van der Waals surface area contributed by atoms with Crippen molar-refractivity contribution in [3.63, 3.8) is 0 Å². The number of benzene rings is 1. The maximum absolute atomic E-state index is 13.7. The van der Waals surface area contributed by atoms with Crippen LogP contribution in [0.25, 0.3) is 10.4 Å². The Morgan fingerprint density at radius 3 is 2.53 bits per heavy atom. The van der Waals surface area contributed by atoms with Gasteiger partial charge >= 0.3 is 0 Å². The van der Waals surface area contributed by atoms with E-state index < -0.39 is 17.5 Å². The molecule has 0 saturated carbocycles. The van der Waals surface area contributed by atoms with Crippen LogP contribution in [0.2, 0.25) is 0 Å². The quantitative estimate of drug-likeness (QED) is 0.815. The Labute approximate surface area is 114 Å². The molecule has 1 nitrogen and oxygen atoms in total. The third-order valence-corrected chi connectivity index (χ3v) is 4.17. The second kappa shape index (κ2) is 5.75. The fraction of sp³-hybridized carbons (Fsp3) is 0.286. The molecular formula is C14H14F3NS. The summed E-state index contributed by atoms with van der Waals surface area (Å²) >= 11 is 1.37. The highest BCUT2D eigenvalue weighted by molar-refractivity contribution is 7.15. The second-order valence-corrected chi connectivity index (χ2v) is 5.32. The molecule has 102 valence electrons. The van der Waals surface area contributed by atoms with Crippen LogP contribution in [0.1, 0.15) is 24.8 Å². The first kappa shape index (κ1) is 14.1. The first-order chi connectivity index (χ1) is 9.04. The summed E-state index contributed by atoms with van der Waals surface area (Å²) in [6.07, 6.45) is 0. The van der Waals surface area contributed by atoms with E-state index >= 15 is 0 Å². The van der Waals surface area contributed by atoms with Crippen LogP contribution in [0.15, 0.2) is 24.3 Å². The fourth-order valence-electron chi connectivity index (χ4n) is 1.85. The first-order valence-electron chi connectivity index (χ1n) is 6.01. The summed E-state index contributed by atoms with van der Waals surface area (Å²) in [5.41, 5.74) is 0.0962.